The van der Waals surface area contributed by atoms with Crippen LogP contribution in [0.25, 0.3) is 0 Å². The van der Waals surface area contributed by atoms with Crippen LogP contribution >= 0.6 is 11.3 Å². The largest absolute Gasteiger partial charge is 0.494 e. The average Bonchev–Trinajstić information content (AvgIpc) is 3.02. The maximum Gasteiger partial charge on any atom is 0.271 e. The van der Waals surface area contributed by atoms with Gasteiger partial charge in [0.25, 0.3) is 5.91 Å². The molecule has 0 aliphatic carbocycles. The highest BCUT2D eigenvalue weighted by Gasteiger charge is 2.06. The highest BCUT2D eigenvalue weighted by molar-refractivity contribution is 7.14. The van der Waals surface area contributed by atoms with Crippen molar-refractivity contribution in [2.75, 3.05) is 6.61 Å². The Labute approximate surface area is 134 Å². The van der Waals surface area contributed by atoms with Crippen molar-refractivity contribution in [1.29, 1.82) is 0 Å². The van der Waals surface area contributed by atoms with Crippen LogP contribution in [0, 0.1) is 0 Å². The highest BCUT2D eigenvalue weighted by atomic mass is 32.1. The van der Waals surface area contributed by atoms with Gasteiger partial charge in [0.15, 0.2) is 0 Å². The molecule has 0 fully saturated rings. The van der Waals surface area contributed by atoms with Gasteiger partial charge in [-0.3, -0.25) is 4.79 Å². The number of nitrogens with zero attached hydrogens (tertiary/aromatic N) is 1. The van der Waals surface area contributed by atoms with Gasteiger partial charge < -0.3 is 4.74 Å². The van der Waals surface area contributed by atoms with E-state index in [1.54, 1.807) is 35.6 Å². The lowest BCUT2D eigenvalue weighted by atomic mass is 10.2. The Kier molecular flexibility index (Phi) is 5.72. The third-order valence-corrected chi connectivity index (χ3v) is 4.46. The summed E-state index contributed by atoms with van der Waals surface area (Å²) in [5.74, 6) is 0.527. The maximum absolute atomic E-state index is 12.1. The third kappa shape index (κ3) is 4.18. The van der Waals surface area contributed by atoms with Crippen molar-refractivity contribution in [3.63, 3.8) is 0 Å². The van der Waals surface area contributed by atoms with E-state index in [1.165, 1.54) is 4.88 Å². The summed E-state index contributed by atoms with van der Waals surface area (Å²) in [7, 11) is 0. The molecular formula is C17H20N2O2S. The molecular weight excluding hydrogens is 296 g/mol. The summed E-state index contributed by atoms with van der Waals surface area (Å²) in [6.45, 7) is 6.54. The minimum Gasteiger partial charge on any atom is -0.494 e. The number of aryl methyl sites for hydroxylation is 1. The number of nitrogens with one attached hydrogen (secondary N) is 1. The summed E-state index contributed by atoms with van der Waals surface area (Å²) in [5.41, 5.74) is 3.96. The van der Waals surface area contributed by atoms with Crippen molar-refractivity contribution in [2.45, 2.75) is 27.2 Å². The lowest BCUT2D eigenvalue weighted by molar-refractivity contribution is 0.0955. The molecule has 0 spiro atoms. The zero-order valence-corrected chi connectivity index (χ0v) is 13.9. The van der Waals surface area contributed by atoms with E-state index in [4.69, 9.17) is 4.74 Å². The van der Waals surface area contributed by atoms with Gasteiger partial charge in [-0.25, -0.2) is 5.43 Å². The molecule has 1 N–H and O–H groups in total. The standard InChI is InChI=1S/C17H20N2O2S/c1-4-15-10-11-16(22-15)12(3)18-19-17(20)13-6-8-14(9-7-13)21-5-2/h6-11H,4-5H2,1-3H3,(H,19,20)/b18-12-. The first-order chi connectivity index (χ1) is 10.6. The molecule has 1 aromatic heterocycles. The summed E-state index contributed by atoms with van der Waals surface area (Å²) >= 11 is 1.70. The summed E-state index contributed by atoms with van der Waals surface area (Å²) in [6.07, 6.45) is 1.01. The van der Waals surface area contributed by atoms with Gasteiger partial charge >= 0.3 is 0 Å². The van der Waals surface area contributed by atoms with Crippen LogP contribution in [0.5, 0.6) is 5.75 Å². The van der Waals surface area contributed by atoms with E-state index in [-0.39, 0.29) is 5.91 Å². The monoisotopic (exact) mass is 316 g/mol. The number of rotatable bonds is 6. The van der Waals surface area contributed by atoms with Gasteiger partial charge in [-0.05, 0) is 56.7 Å². The molecule has 2 aromatic rings. The average molecular weight is 316 g/mol. The molecule has 1 aromatic carbocycles. The number of ether oxygens (including phenoxy) is 1. The Morgan fingerprint density at radius 2 is 1.91 bits per heavy atom. The van der Waals surface area contributed by atoms with Crippen molar-refractivity contribution in [3.05, 3.63) is 51.7 Å². The van der Waals surface area contributed by atoms with E-state index in [9.17, 15) is 4.79 Å². The van der Waals surface area contributed by atoms with E-state index in [1.807, 2.05) is 19.9 Å². The molecule has 0 saturated carbocycles. The number of benzene rings is 1. The zero-order valence-electron chi connectivity index (χ0n) is 13.1. The fraction of sp³-hybridized carbons (Fsp3) is 0.294. The second-order valence-electron chi connectivity index (χ2n) is 4.72. The maximum atomic E-state index is 12.1. The van der Waals surface area contributed by atoms with Crippen LogP contribution in [0.15, 0.2) is 41.5 Å². The third-order valence-electron chi connectivity index (χ3n) is 3.12. The number of carbonyl (C=O) groups is 1. The van der Waals surface area contributed by atoms with Crippen LogP contribution in [0.1, 0.15) is 40.9 Å². The Bertz CT molecular complexity index is 660. The Hall–Kier alpha value is -2.14. The van der Waals surface area contributed by atoms with E-state index >= 15 is 0 Å². The molecule has 1 amide bonds. The van der Waals surface area contributed by atoms with Crippen LogP contribution in [-0.4, -0.2) is 18.2 Å². The van der Waals surface area contributed by atoms with Crippen LogP contribution in [0.4, 0.5) is 0 Å². The van der Waals surface area contributed by atoms with E-state index < -0.39 is 0 Å². The van der Waals surface area contributed by atoms with Crippen LogP contribution in [0.3, 0.4) is 0 Å². The zero-order chi connectivity index (χ0) is 15.9. The molecule has 2 rings (SSSR count). The molecule has 1 heterocycles. The fourth-order valence-electron chi connectivity index (χ4n) is 1.89. The lowest BCUT2D eigenvalue weighted by Crippen LogP contribution is -2.19. The molecule has 116 valence electrons. The van der Waals surface area contributed by atoms with E-state index in [0.29, 0.717) is 12.2 Å². The summed E-state index contributed by atoms with van der Waals surface area (Å²) in [4.78, 5) is 14.4. The van der Waals surface area contributed by atoms with Gasteiger partial charge in [0.1, 0.15) is 5.75 Å². The highest BCUT2D eigenvalue weighted by Crippen LogP contribution is 2.17. The SMILES string of the molecule is CCOc1ccc(C(=O)N/N=C(/C)c2ccc(CC)s2)cc1. The number of hydrogen-bond donors (Lipinski definition) is 1. The van der Waals surface area contributed by atoms with Gasteiger partial charge in [0.05, 0.1) is 17.2 Å². The molecule has 0 unspecified atom stereocenters. The summed E-state index contributed by atoms with van der Waals surface area (Å²) in [6, 6.07) is 11.1. The second-order valence-corrected chi connectivity index (χ2v) is 5.88. The van der Waals surface area contributed by atoms with Crippen LogP contribution in [-0.2, 0) is 6.42 Å². The Morgan fingerprint density at radius 1 is 1.18 bits per heavy atom. The van der Waals surface area contributed by atoms with Crippen LogP contribution in [0.2, 0.25) is 0 Å². The number of hydrazone groups is 1. The molecule has 0 aliphatic heterocycles. The number of carbonyl (C=O) groups excluding carboxylic acids is 1. The first-order valence-electron chi connectivity index (χ1n) is 7.30. The fourth-order valence-corrected chi connectivity index (χ4v) is 2.78. The minimum atomic E-state index is -0.227. The van der Waals surface area contributed by atoms with Crippen LogP contribution < -0.4 is 10.2 Å². The topological polar surface area (TPSA) is 50.7 Å². The Balaban J connectivity index is 2.00. The molecule has 0 radical (unpaired) electrons. The normalized spacial score (nSPS) is 11.3. The quantitative estimate of drug-likeness (QED) is 0.650. The molecule has 0 atom stereocenters. The number of hydrogen-bond acceptors (Lipinski definition) is 4. The van der Waals surface area contributed by atoms with Crippen molar-refractivity contribution in [3.8, 4) is 5.75 Å². The van der Waals surface area contributed by atoms with E-state index in [2.05, 4.69) is 23.5 Å². The van der Waals surface area contributed by atoms with Crippen molar-refractivity contribution in [2.24, 2.45) is 5.10 Å². The molecule has 0 saturated heterocycles. The van der Waals surface area contributed by atoms with Gasteiger partial charge in [0.2, 0.25) is 0 Å². The first-order valence-corrected chi connectivity index (χ1v) is 8.12. The van der Waals surface area contributed by atoms with E-state index in [0.717, 1.165) is 22.8 Å². The lowest BCUT2D eigenvalue weighted by Gasteiger charge is -2.04. The number of amides is 1. The Morgan fingerprint density at radius 3 is 2.50 bits per heavy atom. The predicted molar refractivity (Wildman–Crippen MR) is 91.0 cm³/mol. The van der Waals surface area contributed by atoms with Gasteiger partial charge in [0, 0.05) is 10.4 Å². The van der Waals surface area contributed by atoms with Gasteiger partial charge in [-0.15, -0.1) is 11.3 Å². The molecule has 4 nitrogen and oxygen atoms in total. The molecule has 0 aliphatic rings. The minimum absolute atomic E-state index is 0.227. The van der Waals surface area contributed by atoms with Gasteiger partial charge in [-0.1, -0.05) is 6.92 Å². The first kappa shape index (κ1) is 16.2. The summed E-state index contributed by atoms with van der Waals surface area (Å²) in [5, 5.41) is 4.17. The van der Waals surface area contributed by atoms with Crippen molar-refractivity contribution < 1.29 is 9.53 Å². The number of thiophene rings is 1. The second kappa shape index (κ2) is 7.75. The van der Waals surface area contributed by atoms with Crippen molar-refractivity contribution >= 4 is 23.0 Å². The molecule has 22 heavy (non-hydrogen) atoms. The predicted octanol–water partition coefficient (Wildman–Crippen LogP) is 3.86. The van der Waals surface area contributed by atoms with Crippen molar-refractivity contribution in [1.82, 2.24) is 5.43 Å². The smallest absolute Gasteiger partial charge is 0.271 e. The summed E-state index contributed by atoms with van der Waals surface area (Å²) < 4.78 is 5.35. The molecule has 5 heteroatoms. The van der Waals surface area contributed by atoms with Gasteiger partial charge in [-0.2, -0.15) is 5.10 Å². The molecule has 0 bridgehead atoms.